The molecule has 0 saturated heterocycles. The summed E-state index contributed by atoms with van der Waals surface area (Å²) in [7, 11) is 0. The van der Waals surface area contributed by atoms with Crippen LogP contribution in [0.25, 0.3) is 0 Å². The van der Waals surface area contributed by atoms with Gasteiger partial charge < -0.3 is 0 Å². The van der Waals surface area contributed by atoms with E-state index in [1.807, 2.05) is 19.1 Å². The molecule has 0 atom stereocenters. The third kappa shape index (κ3) is 2.64. The van der Waals surface area contributed by atoms with Gasteiger partial charge in [-0.1, -0.05) is 11.8 Å². The number of hydrogen-bond donors (Lipinski definition) is 1. The first-order valence-electron chi connectivity index (χ1n) is 5.87. The molecular weight excluding hydrogens is 266 g/mol. The fourth-order valence-electron chi connectivity index (χ4n) is 1.65. The van der Waals surface area contributed by atoms with Gasteiger partial charge in [-0.05, 0) is 31.9 Å². The second kappa shape index (κ2) is 4.85. The first kappa shape index (κ1) is 11.9. The van der Waals surface area contributed by atoms with Gasteiger partial charge in [0, 0.05) is 10.8 Å². The van der Waals surface area contributed by atoms with Gasteiger partial charge in [-0.2, -0.15) is 0 Å². The highest BCUT2D eigenvalue weighted by Crippen LogP contribution is 2.38. The zero-order valence-corrected chi connectivity index (χ0v) is 11.6. The number of carbonyl (C=O) groups is 1. The van der Waals surface area contributed by atoms with Gasteiger partial charge in [0.05, 0.1) is 10.6 Å². The number of aryl methyl sites for hydroxylation is 1. The molecule has 94 valence electrons. The number of aromatic nitrogens is 3. The molecule has 18 heavy (non-hydrogen) atoms. The van der Waals surface area contributed by atoms with Crippen molar-refractivity contribution < 1.29 is 4.79 Å². The predicted molar refractivity (Wildman–Crippen MR) is 72.5 cm³/mol. The van der Waals surface area contributed by atoms with E-state index in [1.54, 1.807) is 0 Å². The molecule has 1 aliphatic carbocycles. The average molecular weight is 279 g/mol. The molecule has 0 radical (unpaired) electrons. The molecule has 3 rings (SSSR count). The number of H-pyrrole nitrogens is 1. The number of thioether (sulfide) groups is 1. The van der Waals surface area contributed by atoms with Gasteiger partial charge in [-0.3, -0.25) is 9.89 Å². The average Bonchev–Trinajstić information content (AvgIpc) is 2.95. The zero-order valence-electron chi connectivity index (χ0n) is 9.97. The van der Waals surface area contributed by atoms with E-state index in [9.17, 15) is 4.79 Å². The Morgan fingerprint density at radius 3 is 3.06 bits per heavy atom. The van der Waals surface area contributed by atoms with E-state index in [-0.39, 0.29) is 5.78 Å². The lowest BCUT2D eigenvalue weighted by molar-refractivity contribution is 0.102. The normalized spacial score (nSPS) is 14.9. The Bertz CT molecular complexity index is 571. The number of rotatable bonds is 5. The summed E-state index contributed by atoms with van der Waals surface area (Å²) < 4.78 is 0. The summed E-state index contributed by atoms with van der Waals surface area (Å²) in [4.78, 5) is 18.3. The summed E-state index contributed by atoms with van der Waals surface area (Å²) in [5.41, 5.74) is 0. The SMILES string of the molecule is Cc1ccc(C(=O)CSc2n[nH]c(C3CC3)n2)s1. The largest absolute Gasteiger partial charge is 0.292 e. The van der Waals surface area contributed by atoms with Crippen LogP contribution in [0.5, 0.6) is 0 Å². The van der Waals surface area contributed by atoms with Crippen molar-refractivity contribution in [2.75, 3.05) is 5.75 Å². The smallest absolute Gasteiger partial charge is 0.208 e. The van der Waals surface area contributed by atoms with E-state index in [4.69, 9.17) is 0 Å². The van der Waals surface area contributed by atoms with Crippen molar-refractivity contribution in [3.8, 4) is 0 Å². The maximum atomic E-state index is 11.9. The third-order valence-electron chi connectivity index (χ3n) is 2.79. The van der Waals surface area contributed by atoms with Crippen molar-refractivity contribution >= 4 is 28.9 Å². The van der Waals surface area contributed by atoms with Crippen LogP contribution in [0.15, 0.2) is 17.3 Å². The molecule has 2 aromatic heterocycles. The Morgan fingerprint density at radius 2 is 2.39 bits per heavy atom. The highest BCUT2D eigenvalue weighted by Gasteiger charge is 2.27. The number of hydrogen-bond acceptors (Lipinski definition) is 5. The minimum atomic E-state index is 0.149. The molecule has 4 nitrogen and oxygen atoms in total. The topological polar surface area (TPSA) is 58.6 Å². The lowest BCUT2D eigenvalue weighted by Gasteiger charge is -1.94. The molecule has 1 fully saturated rings. The molecule has 2 heterocycles. The number of ketones is 1. The van der Waals surface area contributed by atoms with Crippen LogP contribution in [0, 0.1) is 6.92 Å². The molecule has 2 aromatic rings. The van der Waals surface area contributed by atoms with E-state index < -0.39 is 0 Å². The quantitative estimate of drug-likeness (QED) is 0.675. The predicted octanol–water partition coefficient (Wildman–Crippen LogP) is 3.03. The fraction of sp³-hybridized carbons (Fsp3) is 0.417. The summed E-state index contributed by atoms with van der Waals surface area (Å²) in [5.74, 6) is 2.09. The van der Waals surface area contributed by atoms with Crippen LogP contribution in [0.1, 0.15) is 39.1 Å². The molecule has 0 spiro atoms. The monoisotopic (exact) mass is 279 g/mol. The van der Waals surface area contributed by atoms with Gasteiger partial charge in [0.1, 0.15) is 5.82 Å². The van der Waals surface area contributed by atoms with Gasteiger partial charge in [0.15, 0.2) is 5.78 Å². The second-order valence-corrected chi connectivity index (χ2v) is 6.63. The fourth-order valence-corrected chi connectivity index (χ4v) is 3.23. The van der Waals surface area contributed by atoms with Crippen LogP contribution in [-0.4, -0.2) is 26.7 Å². The molecule has 0 aromatic carbocycles. The molecule has 1 N–H and O–H groups in total. The number of aromatic amines is 1. The van der Waals surface area contributed by atoms with Crippen molar-refractivity contribution in [1.29, 1.82) is 0 Å². The van der Waals surface area contributed by atoms with Gasteiger partial charge in [-0.25, -0.2) is 4.98 Å². The Kier molecular flexibility index (Phi) is 3.22. The van der Waals surface area contributed by atoms with E-state index >= 15 is 0 Å². The lowest BCUT2D eigenvalue weighted by atomic mass is 10.3. The van der Waals surface area contributed by atoms with Gasteiger partial charge in [0.25, 0.3) is 0 Å². The Morgan fingerprint density at radius 1 is 1.56 bits per heavy atom. The van der Waals surface area contributed by atoms with Gasteiger partial charge >= 0.3 is 0 Å². The summed E-state index contributed by atoms with van der Waals surface area (Å²) in [5, 5.41) is 7.75. The molecule has 0 aliphatic heterocycles. The van der Waals surface area contributed by atoms with Crippen LogP contribution in [-0.2, 0) is 0 Å². The molecule has 0 amide bonds. The molecule has 0 unspecified atom stereocenters. The van der Waals surface area contributed by atoms with Crippen LogP contribution in [0.2, 0.25) is 0 Å². The van der Waals surface area contributed by atoms with Crippen molar-refractivity contribution in [2.45, 2.75) is 30.8 Å². The van der Waals surface area contributed by atoms with Crippen molar-refractivity contribution in [3.05, 3.63) is 27.7 Å². The molecule has 6 heteroatoms. The molecule has 0 bridgehead atoms. The summed E-state index contributed by atoms with van der Waals surface area (Å²) in [6.45, 7) is 2.01. The summed E-state index contributed by atoms with van der Waals surface area (Å²) >= 11 is 2.94. The molecule has 1 aliphatic rings. The Hall–Kier alpha value is -1.14. The number of carbonyl (C=O) groups excluding carboxylic acids is 1. The standard InChI is InChI=1S/C12H13N3OS2/c1-7-2-5-10(18-7)9(16)6-17-12-13-11(14-15-12)8-3-4-8/h2,5,8H,3-4,6H2,1H3,(H,13,14,15). The summed E-state index contributed by atoms with van der Waals surface area (Å²) in [6.07, 6.45) is 2.40. The minimum Gasteiger partial charge on any atom is -0.292 e. The first-order valence-corrected chi connectivity index (χ1v) is 7.67. The Balaban J connectivity index is 1.58. The van der Waals surface area contributed by atoms with Crippen LogP contribution >= 0.6 is 23.1 Å². The van der Waals surface area contributed by atoms with E-state index in [0.29, 0.717) is 16.8 Å². The molecular formula is C12H13N3OS2. The maximum Gasteiger partial charge on any atom is 0.208 e. The lowest BCUT2D eigenvalue weighted by Crippen LogP contribution is -1.99. The second-order valence-electron chi connectivity index (χ2n) is 4.40. The highest BCUT2D eigenvalue weighted by molar-refractivity contribution is 7.99. The van der Waals surface area contributed by atoms with E-state index in [2.05, 4.69) is 15.2 Å². The number of thiophene rings is 1. The van der Waals surface area contributed by atoms with Gasteiger partial charge in [0.2, 0.25) is 5.16 Å². The maximum absolute atomic E-state index is 11.9. The van der Waals surface area contributed by atoms with Crippen molar-refractivity contribution in [2.24, 2.45) is 0 Å². The minimum absolute atomic E-state index is 0.149. The van der Waals surface area contributed by atoms with E-state index in [0.717, 1.165) is 15.6 Å². The number of nitrogens with one attached hydrogen (secondary N) is 1. The first-order chi connectivity index (χ1) is 8.72. The summed E-state index contributed by atoms with van der Waals surface area (Å²) in [6, 6.07) is 3.86. The van der Waals surface area contributed by atoms with Crippen LogP contribution in [0.3, 0.4) is 0 Å². The Labute approximate surface area is 113 Å². The van der Waals surface area contributed by atoms with Crippen molar-refractivity contribution in [1.82, 2.24) is 15.2 Å². The van der Waals surface area contributed by atoms with Crippen LogP contribution in [0.4, 0.5) is 0 Å². The highest BCUT2D eigenvalue weighted by atomic mass is 32.2. The van der Waals surface area contributed by atoms with Crippen LogP contribution < -0.4 is 0 Å². The molecule has 1 saturated carbocycles. The zero-order chi connectivity index (χ0) is 12.5. The number of Topliss-reactive ketones (excluding diaryl/α,β-unsaturated/α-hetero) is 1. The number of nitrogens with zero attached hydrogens (tertiary/aromatic N) is 2. The third-order valence-corrected chi connectivity index (χ3v) is 4.68. The van der Waals surface area contributed by atoms with Gasteiger partial charge in [-0.15, -0.1) is 16.4 Å². The van der Waals surface area contributed by atoms with Crippen molar-refractivity contribution in [3.63, 3.8) is 0 Å². The van der Waals surface area contributed by atoms with E-state index in [1.165, 1.54) is 35.9 Å².